The Kier molecular flexibility index (Phi) is 3.34. The first kappa shape index (κ1) is 13.2. The second-order valence-corrected chi connectivity index (χ2v) is 5.75. The normalized spacial score (nSPS) is 11.3. The van der Waals surface area contributed by atoms with Crippen LogP contribution in [0.5, 0.6) is 0 Å². The quantitative estimate of drug-likeness (QED) is 0.865. The maximum atomic E-state index is 11.9. The minimum Gasteiger partial charge on any atom is -0.274 e. The first-order chi connectivity index (χ1) is 8.87. The molecule has 2 aromatic heterocycles. The van der Waals surface area contributed by atoms with Crippen LogP contribution >= 0.6 is 0 Å². The third kappa shape index (κ3) is 3.16. The van der Waals surface area contributed by atoms with Crippen LogP contribution in [0.3, 0.4) is 0 Å². The average molecular weight is 280 g/mol. The molecule has 0 saturated heterocycles. The molecule has 0 fully saturated rings. The predicted octanol–water partition coefficient (Wildman–Crippen LogP) is 0.171. The molecule has 0 aliphatic rings. The summed E-state index contributed by atoms with van der Waals surface area (Å²) in [5, 5.41) is 4.17. The topological polar surface area (TPSA) is 94.0 Å². The molecule has 2 heterocycles. The molecule has 0 aromatic carbocycles. The molecule has 0 radical (unpaired) electrons. The van der Waals surface area contributed by atoms with Crippen LogP contribution in [-0.4, -0.2) is 35.3 Å². The van der Waals surface area contributed by atoms with E-state index >= 15 is 0 Å². The predicted molar refractivity (Wildman–Crippen MR) is 68.7 cm³/mol. The molecule has 2 rings (SSSR count). The summed E-state index contributed by atoms with van der Waals surface area (Å²) in [6.45, 7) is 0. The van der Waals surface area contributed by atoms with Crippen LogP contribution in [0.2, 0.25) is 0 Å². The molecule has 1 amide bonds. The number of carbonyl (C=O) groups excluding carboxylic acids is 1. The van der Waals surface area contributed by atoms with Crippen molar-refractivity contribution in [3.05, 3.63) is 36.3 Å². The largest absolute Gasteiger partial charge is 0.274 e. The fourth-order valence-electron chi connectivity index (χ4n) is 1.60. The van der Waals surface area contributed by atoms with E-state index in [-0.39, 0.29) is 5.56 Å². The van der Waals surface area contributed by atoms with Crippen molar-refractivity contribution in [2.24, 2.45) is 7.05 Å². The molecule has 8 heteroatoms. The lowest BCUT2D eigenvalue weighted by Crippen LogP contribution is -2.29. The van der Waals surface area contributed by atoms with Crippen LogP contribution in [0.25, 0.3) is 11.3 Å². The molecule has 19 heavy (non-hydrogen) atoms. The van der Waals surface area contributed by atoms with Gasteiger partial charge in [-0.15, -0.1) is 0 Å². The Balaban J connectivity index is 2.45. The number of rotatable bonds is 3. The Morgan fingerprint density at radius 3 is 2.53 bits per heavy atom. The molecule has 0 aliphatic carbocycles. The highest BCUT2D eigenvalue weighted by molar-refractivity contribution is 7.89. The Morgan fingerprint density at radius 2 is 1.95 bits per heavy atom. The molecule has 0 atom stereocenters. The van der Waals surface area contributed by atoms with Gasteiger partial charge in [0.25, 0.3) is 5.91 Å². The standard InChI is InChI=1S/C11H12N4O3S/c1-15-7-9(11(16)14-19(2,17)18)10(13-15)8-3-5-12-6-4-8/h3-7H,1-2H3,(H,14,16). The minimum atomic E-state index is -3.61. The molecule has 7 nitrogen and oxygen atoms in total. The molecular formula is C11H12N4O3S. The zero-order chi connectivity index (χ0) is 14.0. The van der Waals surface area contributed by atoms with Crippen LogP contribution in [-0.2, 0) is 17.1 Å². The van der Waals surface area contributed by atoms with Gasteiger partial charge in [-0.25, -0.2) is 13.1 Å². The highest BCUT2D eigenvalue weighted by Crippen LogP contribution is 2.20. The lowest BCUT2D eigenvalue weighted by atomic mass is 10.1. The van der Waals surface area contributed by atoms with Crippen molar-refractivity contribution in [2.75, 3.05) is 6.26 Å². The van der Waals surface area contributed by atoms with E-state index in [1.807, 2.05) is 4.72 Å². The maximum Gasteiger partial charge on any atom is 0.268 e. The summed E-state index contributed by atoms with van der Waals surface area (Å²) in [6.07, 6.45) is 5.54. The van der Waals surface area contributed by atoms with E-state index in [0.717, 1.165) is 6.26 Å². The average Bonchev–Trinajstić information content (AvgIpc) is 2.70. The molecule has 100 valence electrons. The number of amides is 1. The van der Waals surface area contributed by atoms with E-state index in [2.05, 4.69) is 10.1 Å². The van der Waals surface area contributed by atoms with Gasteiger partial charge in [0.05, 0.1) is 11.8 Å². The Labute approximate surface area is 110 Å². The maximum absolute atomic E-state index is 11.9. The Bertz CT molecular complexity index is 707. The number of hydrogen-bond acceptors (Lipinski definition) is 5. The smallest absolute Gasteiger partial charge is 0.268 e. The SMILES string of the molecule is Cn1cc(C(=O)NS(C)(=O)=O)c(-c2ccncc2)n1. The van der Waals surface area contributed by atoms with Gasteiger partial charge in [0.2, 0.25) is 10.0 Å². The zero-order valence-electron chi connectivity index (χ0n) is 10.4. The summed E-state index contributed by atoms with van der Waals surface area (Å²) in [6, 6.07) is 3.39. The van der Waals surface area contributed by atoms with Crippen LogP contribution in [0, 0.1) is 0 Å². The van der Waals surface area contributed by atoms with Crippen molar-refractivity contribution in [1.29, 1.82) is 0 Å². The van der Waals surface area contributed by atoms with E-state index in [4.69, 9.17) is 0 Å². The first-order valence-corrected chi connectivity index (χ1v) is 7.22. The summed E-state index contributed by atoms with van der Waals surface area (Å²) in [5.41, 5.74) is 1.29. The zero-order valence-corrected chi connectivity index (χ0v) is 11.2. The van der Waals surface area contributed by atoms with Gasteiger partial charge in [-0.1, -0.05) is 0 Å². The third-order valence-electron chi connectivity index (χ3n) is 2.31. The molecule has 2 aromatic rings. The van der Waals surface area contributed by atoms with Crippen molar-refractivity contribution < 1.29 is 13.2 Å². The second kappa shape index (κ2) is 4.81. The lowest BCUT2D eigenvalue weighted by Gasteiger charge is -2.02. The molecule has 0 unspecified atom stereocenters. The van der Waals surface area contributed by atoms with Gasteiger partial charge >= 0.3 is 0 Å². The van der Waals surface area contributed by atoms with Gasteiger partial charge in [0.1, 0.15) is 5.69 Å². The van der Waals surface area contributed by atoms with E-state index < -0.39 is 15.9 Å². The highest BCUT2D eigenvalue weighted by atomic mass is 32.2. The Hall–Kier alpha value is -2.22. The van der Waals surface area contributed by atoms with E-state index in [1.165, 1.54) is 10.9 Å². The van der Waals surface area contributed by atoms with Gasteiger partial charge in [-0.05, 0) is 12.1 Å². The van der Waals surface area contributed by atoms with Gasteiger partial charge in [-0.2, -0.15) is 5.10 Å². The van der Waals surface area contributed by atoms with Gasteiger partial charge in [0.15, 0.2) is 0 Å². The number of pyridine rings is 1. The number of sulfonamides is 1. The summed E-state index contributed by atoms with van der Waals surface area (Å²) in [5.74, 6) is -0.706. The number of nitrogens with one attached hydrogen (secondary N) is 1. The number of carbonyl (C=O) groups is 1. The lowest BCUT2D eigenvalue weighted by molar-refractivity contribution is 0.0982. The molecule has 0 bridgehead atoms. The van der Waals surface area contributed by atoms with Crippen molar-refractivity contribution in [1.82, 2.24) is 19.5 Å². The molecular weight excluding hydrogens is 268 g/mol. The fourth-order valence-corrected chi connectivity index (χ4v) is 2.05. The van der Waals surface area contributed by atoms with Crippen molar-refractivity contribution in [2.45, 2.75) is 0 Å². The van der Waals surface area contributed by atoms with E-state index in [0.29, 0.717) is 11.3 Å². The number of aryl methyl sites for hydroxylation is 1. The van der Waals surface area contributed by atoms with Crippen molar-refractivity contribution in [3.63, 3.8) is 0 Å². The van der Waals surface area contributed by atoms with Gasteiger partial charge in [-0.3, -0.25) is 14.5 Å². The molecule has 0 aliphatic heterocycles. The van der Waals surface area contributed by atoms with Crippen LogP contribution in [0.15, 0.2) is 30.7 Å². The van der Waals surface area contributed by atoms with Gasteiger partial charge in [0, 0.05) is 31.2 Å². The van der Waals surface area contributed by atoms with Crippen LogP contribution in [0.4, 0.5) is 0 Å². The Morgan fingerprint density at radius 1 is 1.32 bits per heavy atom. The van der Waals surface area contributed by atoms with Gasteiger partial charge < -0.3 is 0 Å². The van der Waals surface area contributed by atoms with Crippen LogP contribution < -0.4 is 4.72 Å². The summed E-state index contributed by atoms with van der Waals surface area (Å²) in [4.78, 5) is 15.8. The minimum absolute atomic E-state index is 0.194. The monoisotopic (exact) mass is 280 g/mol. The fraction of sp³-hybridized carbons (Fsp3) is 0.182. The summed E-state index contributed by atoms with van der Waals surface area (Å²) < 4.78 is 25.6. The molecule has 0 spiro atoms. The van der Waals surface area contributed by atoms with E-state index in [9.17, 15) is 13.2 Å². The molecule has 1 N–H and O–H groups in total. The van der Waals surface area contributed by atoms with Crippen LogP contribution in [0.1, 0.15) is 10.4 Å². The first-order valence-electron chi connectivity index (χ1n) is 5.33. The molecule has 0 saturated carbocycles. The third-order valence-corrected chi connectivity index (χ3v) is 2.86. The van der Waals surface area contributed by atoms with Crippen molar-refractivity contribution >= 4 is 15.9 Å². The number of hydrogen-bond donors (Lipinski definition) is 1. The van der Waals surface area contributed by atoms with Crippen molar-refractivity contribution in [3.8, 4) is 11.3 Å². The number of aromatic nitrogens is 3. The number of nitrogens with zero attached hydrogens (tertiary/aromatic N) is 3. The summed E-state index contributed by atoms with van der Waals surface area (Å²) >= 11 is 0. The highest BCUT2D eigenvalue weighted by Gasteiger charge is 2.19. The summed E-state index contributed by atoms with van der Waals surface area (Å²) in [7, 11) is -1.96. The second-order valence-electron chi connectivity index (χ2n) is 4.00. The van der Waals surface area contributed by atoms with E-state index in [1.54, 1.807) is 31.6 Å².